The van der Waals surface area contributed by atoms with E-state index in [4.69, 9.17) is 10.5 Å². The highest BCUT2D eigenvalue weighted by molar-refractivity contribution is 7.90. The highest BCUT2D eigenvalue weighted by Gasteiger charge is 2.48. The molecule has 1 aromatic carbocycles. The van der Waals surface area contributed by atoms with Gasteiger partial charge in [0.2, 0.25) is 5.91 Å². The minimum Gasteiger partial charge on any atom is -0.489 e. The summed E-state index contributed by atoms with van der Waals surface area (Å²) in [5.74, 6) is 0.270. The van der Waals surface area contributed by atoms with Gasteiger partial charge in [-0.05, 0) is 32.0 Å². The third kappa shape index (κ3) is 2.66. The number of amides is 1. The molecule has 1 fully saturated rings. The molecular weight excluding hydrogens is 318 g/mol. The molecule has 3 rings (SSSR count). The van der Waals surface area contributed by atoms with Crippen molar-refractivity contribution in [3.63, 3.8) is 0 Å². The van der Waals surface area contributed by atoms with E-state index in [1.165, 1.54) is 6.26 Å². The number of hydrogen-bond donors (Lipinski definition) is 1. The first-order valence-corrected chi connectivity index (χ1v) is 9.29. The highest BCUT2D eigenvalue weighted by Crippen LogP contribution is 2.44. The topological polar surface area (TPSA) is 92.9 Å². The SMILES string of the molecule is CC1(C)N(CC(N)=O)CC2COc3ccc(S(C)(=O)=O)cc3N21. The van der Waals surface area contributed by atoms with Crippen molar-refractivity contribution in [3.05, 3.63) is 18.2 Å². The van der Waals surface area contributed by atoms with Crippen molar-refractivity contribution in [3.8, 4) is 5.75 Å². The lowest BCUT2D eigenvalue weighted by Gasteiger charge is -2.43. The number of nitrogens with two attached hydrogens (primary N) is 1. The Bertz CT molecular complexity index is 760. The Kier molecular flexibility index (Phi) is 3.57. The zero-order chi connectivity index (χ0) is 17.0. The van der Waals surface area contributed by atoms with Gasteiger partial charge in [0.05, 0.1) is 28.8 Å². The quantitative estimate of drug-likeness (QED) is 0.845. The minimum atomic E-state index is -3.30. The molecule has 2 aliphatic heterocycles. The van der Waals surface area contributed by atoms with Gasteiger partial charge in [0.1, 0.15) is 12.4 Å². The fourth-order valence-electron chi connectivity index (χ4n) is 3.45. The molecule has 0 aromatic heterocycles. The number of rotatable bonds is 3. The van der Waals surface area contributed by atoms with Crippen LogP contribution in [-0.2, 0) is 14.6 Å². The lowest BCUT2D eigenvalue weighted by atomic mass is 10.1. The predicted octanol–water partition coefficient (Wildman–Crippen LogP) is 0.195. The molecule has 1 atom stereocenters. The van der Waals surface area contributed by atoms with Crippen LogP contribution in [0, 0.1) is 0 Å². The number of nitrogens with zero attached hydrogens (tertiary/aromatic N) is 2. The number of anilines is 1. The van der Waals surface area contributed by atoms with Crippen LogP contribution in [0.3, 0.4) is 0 Å². The summed E-state index contributed by atoms with van der Waals surface area (Å²) in [6.07, 6.45) is 1.18. The molecule has 2 aliphatic rings. The van der Waals surface area contributed by atoms with Crippen LogP contribution in [0.4, 0.5) is 5.69 Å². The van der Waals surface area contributed by atoms with Crippen molar-refractivity contribution in [2.45, 2.75) is 30.4 Å². The van der Waals surface area contributed by atoms with Crippen LogP contribution < -0.4 is 15.4 Å². The van der Waals surface area contributed by atoms with Crippen molar-refractivity contribution in [1.82, 2.24) is 4.90 Å². The molecule has 2 N–H and O–H groups in total. The van der Waals surface area contributed by atoms with Crippen LogP contribution in [-0.4, -0.2) is 56.9 Å². The third-order valence-corrected chi connectivity index (χ3v) is 5.67. The van der Waals surface area contributed by atoms with Crippen molar-refractivity contribution in [1.29, 1.82) is 0 Å². The summed E-state index contributed by atoms with van der Waals surface area (Å²) in [4.78, 5) is 15.7. The lowest BCUT2D eigenvalue weighted by molar-refractivity contribution is -0.119. The van der Waals surface area contributed by atoms with Gasteiger partial charge in [0.25, 0.3) is 0 Å². The molecule has 23 heavy (non-hydrogen) atoms. The molecule has 2 heterocycles. The summed E-state index contributed by atoms with van der Waals surface area (Å²) in [6.45, 7) is 5.28. The Morgan fingerprint density at radius 1 is 1.43 bits per heavy atom. The van der Waals surface area contributed by atoms with Crippen LogP contribution >= 0.6 is 0 Å². The lowest BCUT2D eigenvalue weighted by Crippen LogP contribution is -2.53. The summed E-state index contributed by atoms with van der Waals surface area (Å²) in [5.41, 5.74) is 5.62. The smallest absolute Gasteiger partial charge is 0.231 e. The Balaban J connectivity index is 2.06. The van der Waals surface area contributed by atoms with E-state index < -0.39 is 15.5 Å². The number of ether oxygens (including phenoxy) is 1. The van der Waals surface area contributed by atoms with E-state index in [0.717, 1.165) is 5.69 Å². The van der Waals surface area contributed by atoms with Gasteiger partial charge >= 0.3 is 0 Å². The van der Waals surface area contributed by atoms with Crippen molar-refractivity contribution < 1.29 is 17.9 Å². The maximum absolute atomic E-state index is 11.9. The average molecular weight is 339 g/mol. The average Bonchev–Trinajstić information content (AvgIpc) is 2.68. The summed E-state index contributed by atoms with van der Waals surface area (Å²) in [6, 6.07) is 4.94. The fraction of sp³-hybridized carbons (Fsp3) is 0.533. The number of primary amides is 1. The number of hydrogen-bond acceptors (Lipinski definition) is 6. The Morgan fingerprint density at radius 2 is 2.13 bits per heavy atom. The van der Waals surface area contributed by atoms with Crippen LogP contribution in [0.2, 0.25) is 0 Å². The molecule has 0 radical (unpaired) electrons. The van der Waals surface area contributed by atoms with E-state index in [1.807, 2.05) is 18.7 Å². The molecule has 1 saturated heterocycles. The molecule has 1 amide bonds. The molecule has 0 bridgehead atoms. The molecule has 0 saturated carbocycles. The summed E-state index contributed by atoms with van der Waals surface area (Å²) in [7, 11) is -3.30. The first-order chi connectivity index (χ1) is 10.6. The van der Waals surface area contributed by atoms with Crippen LogP contribution in [0.15, 0.2) is 23.1 Å². The maximum Gasteiger partial charge on any atom is 0.231 e. The summed E-state index contributed by atoms with van der Waals surface area (Å²) < 4.78 is 29.5. The van der Waals surface area contributed by atoms with E-state index in [1.54, 1.807) is 18.2 Å². The van der Waals surface area contributed by atoms with Gasteiger partial charge in [-0.25, -0.2) is 8.42 Å². The summed E-state index contributed by atoms with van der Waals surface area (Å²) >= 11 is 0. The monoisotopic (exact) mass is 339 g/mol. The maximum atomic E-state index is 11.9. The van der Waals surface area contributed by atoms with E-state index in [9.17, 15) is 13.2 Å². The Hall–Kier alpha value is -1.80. The van der Waals surface area contributed by atoms with Crippen molar-refractivity contribution >= 4 is 21.4 Å². The normalized spacial score (nSPS) is 23.1. The molecule has 1 unspecified atom stereocenters. The molecule has 1 aromatic rings. The minimum absolute atomic E-state index is 0.0478. The molecule has 0 spiro atoms. The zero-order valence-electron chi connectivity index (χ0n) is 13.4. The standard InChI is InChI=1S/C15H21N3O4S/c1-15(2)17(8-14(16)19)7-10-9-22-13-5-4-11(23(3,20)21)6-12(13)18(10)15/h4-6,10H,7-9H2,1-3H3,(H2,16,19). The first kappa shape index (κ1) is 16.1. The van der Waals surface area contributed by atoms with Crippen LogP contribution in [0.25, 0.3) is 0 Å². The highest BCUT2D eigenvalue weighted by atomic mass is 32.2. The largest absolute Gasteiger partial charge is 0.489 e. The van der Waals surface area contributed by atoms with Gasteiger partial charge in [-0.1, -0.05) is 0 Å². The fourth-order valence-corrected chi connectivity index (χ4v) is 4.09. The molecule has 126 valence electrons. The van der Waals surface area contributed by atoms with Crippen molar-refractivity contribution in [2.75, 3.05) is 30.9 Å². The third-order valence-electron chi connectivity index (χ3n) is 4.56. The molecule has 8 heteroatoms. The van der Waals surface area contributed by atoms with E-state index >= 15 is 0 Å². The van der Waals surface area contributed by atoms with Crippen molar-refractivity contribution in [2.24, 2.45) is 5.73 Å². The van der Waals surface area contributed by atoms with E-state index in [-0.39, 0.29) is 23.4 Å². The van der Waals surface area contributed by atoms with Crippen LogP contribution in [0.5, 0.6) is 5.75 Å². The van der Waals surface area contributed by atoms with Gasteiger partial charge in [0.15, 0.2) is 9.84 Å². The number of sulfone groups is 1. The van der Waals surface area contributed by atoms with E-state index in [0.29, 0.717) is 18.9 Å². The van der Waals surface area contributed by atoms with Crippen LogP contribution in [0.1, 0.15) is 13.8 Å². The van der Waals surface area contributed by atoms with Gasteiger partial charge in [0, 0.05) is 12.8 Å². The summed E-state index contributed by atoms with van der Waals surface area (Å²) in [5, 5.41) is 0. The Morgan fingerprint density at radius 3 is 2.74 bits per heavy atom. The number of carbonyl (C=O) groups is 1. The molecular formula is C15H21N3O4S. The van der Waals surface area contributed by atoms with E-state index in [2.05, 4.69) is 4.90 Å². The predicted molar refractivity (Wildman–Crippen MR) is 86.2 cm³/mol. The van der Waals surface area contributed by atoms with Gasteiger partial charge in [-0.15, -0.1) is 0 Å². The second kappa shape index (κ2) is 5.10. The van der Waals surface area contributed by atoms with Gasteiger partial charge < -0.3 is 15.4 Å². The zero-order valence-corrected chi connectivity index (χ0v) is 14.3. The second-order valence-corrected chi connectivity index (χ2v) is 8.59. The van der Waals surface area contributed by atoms with Gasteiger partial charge in [-0.3, -0.25) is 9.69 Å². The number of benzene rings is 1. The Labute approximate surface area is 135 Å². The first-order valence-electron chi connectivity index (χ1n) is 7.40. The molecule has 0 aliphatic carbocycles. The second-order valence-electron chi connectivity index (χ2n) is 6.58. The van der Waals surface area contributed by atoms with Gasteiger partial charge in [-0.2, -0.15) is 0 Å². The number of fused-ring (bicyclic) bond motifs is 3. The molecule has 7 nitrogen and oxygen atoms in total. The number of carbonyl (C=O) groups excluding carboxylic acids is 1.